The maximum Gasteiger partial charge on any atom is 0.236 e. The summed E-state index contributed by atoms with van der Waals surface area (Å²) in [6.07, 6.45) is -0.334. The normalized spacial score (nSPS) is 14.8. The van der Waals surface area contributed by atoms with Gasteiger partial charge in [-0.3, -0.25) is 0 Å². The third-order valence-corrected chi connectivity index (χ3v) is 4.56. The second kappa shape index (κ2) is 5.66. The van der Waals surface area contributed by atoms with Gasteiger partial charge in [-0.2, -0.15) is 4.98 Å². The summed E-state index contributed by atoms with van der Waals surface area (Å²) >= 11 is 3.19. The van der Waals surface area contributed by atoms with Crippen LogP contribution in [0.1, 0.15) is 19.7 Å². The largest absolute Gasteiger partial charge is 0.392 e. The van der Waals surface area contributed by atoms with Gasteiger partial charge in [0.25, 0.3) is 0 Å². The first-order valence-corrected chi connectivity index (χ1v) is 7.26. The number of aliphatic hydroxyl groups excluding tert-OH is 1. The average Bonchev–Trinajstić information content (AvgIpc) is 2.95. The lowest BCUT2D eigenvalue weighted by atomic mass is 10.3. The molecular formula is C11H14N2O2S2. The number of rotatable bonds is 5. The van der Waals surface area contributed by atoms with Crippen molar-refractivity contribution in [2.75, 3.05) is 0 Å². The van der Waals surface area contributed by atoms with Gasteiger partial charge in [0.05, 0.1) is 16.7 Å². The number of aromatic nitrogens is 2. The summed E-state index contributed by atoms with van der Waals surface area (Å²) < 4.78 is 5.16. The quantitative estimate of drug-likeness (QED) is 0.905. The van der Waals surface area contributed by atoms with Gasteiger partial charge in [-0.1, -0.05) is 18.1 Å². The molecule has 0 bridgehead atoms. The molecule has 0 saturated heterocycles. The summed E-state index contributed by atoms with van der Waals surface area (Å²) in [5.74, 6) is 1.87. The molecule has 1 N–H and O–H groups in total. The van der Waals surface area contributed by atoms with Crippen LogP contribution in [0.4, 0.5) is 0 Å². The molecule has 4 nitrogen and oxygen atoms in total. The van der Waals surface area contributed by atoms with Crippen LogP contribution in [0.3, 0.4) is 0 Å². The highest BCUT2D eigenvalue weighted by atomic mass is 32.2. The fourth-order valence-electron chi connectivity index (χ4n) is 1.16. The molecule has 2 atom stereocenters. The van der Waals surface area contributed by atoms with Crippen LogP contribution >= 0.6 is 23.1 Å². The Morgan fingerprint density at radius 1 is 1.53 bits per heavy atom. The first-order valence-electron chi connectivity index (χ1n) is 5.33. The number of nitrogens with zero attached hydrogens (tertiary/aromatic N) is 2. The highest BCUT2D eigenvalue weighted by Crippen LogP contribution is 2.24. The molecule has 17 heavy (non-hydrogen) atoms. The first-order chi connectivity index (χ1) is 8.16. The summed E-state index contributed by atoms with van der Waals surface area (Å²) in [5, 5.41) is 15.4. The van der Waals surface area contributed by atoms with Gasteiger partial charge < -0.3 is 9.63 Å². The maximum absolute atomic E-state index is 9.37. The summed E-state index contributed by atoms with van der Waals surface area (Å²) in [6.45, 7) is 3.76. The van der Waals surface area contributed by atoms with E-state index in [1.165, 1.54) is 0 Å². The Hall–Kier alpha value is -0.850. The highest BCUT2D eigenvalue weighted by Gasteiger charge is 2.13. The predicted octanol–water partition coefficient (Wildman–Crippen LogP) is 2.80. The van der Waals surface area contributed by atoms with E-state index in [2.05, 4.69) is 10.1 Å². The van der Waals surface area contributed by atoms with E-state index >= 15 is 0 Å². The molecule has 0 aliphatic heterocycles. The van der Waals surface area contributed by atoms with E-state index in [1.807, 2.05) is 24.4 Å². The zero-order chi connectivity index (χ0) is 12.3. The lowest BCUT2D eigenvalue weighted by Gasteiger charge is -2.11. The monoisotopic (exact) mass is 270 g/mol. The zero-order valence-electron chi connectivity index (χ0n) is 9.66. The van der Waals surface area contributed by atoms with Gasteiger partial charge in [0.15, 0.2) is 0 Å². The lowest BCUT2D eigenvalue weighted by molar-refractivity contribution is 0.196. The van der Waals surface area contributed by atoms with Crippen LogP contribution in [-0.2, 0) is 5.75 Å². The van der Waals surface area contributed by atoms with Crippen LogP contribution in [0, 0.1) is 0 Å². The van der Waals surface area contributed by atoms with Crippen molar-refractivity contribution in [1.82, 2.24) is 10.1 Å². The number of hydrogen-bond donors (Lipinski definition) is 1. The van der Waals surface area contributed by atoms with Crippen LogP contribution in [0.25, 0.3) is 10.7 Å². The topological polar surface area (TPSA) is 59.2 Å². The van der Waals surface area contributed by atoms with Gasteiger partial charge in [-0.05, 0) is 18.4 Å². The molecule has 2 aromatic heterocycles. The van der Waals surface area contributed by atoms with E-state index in [-0.39, 0.29) is 11.4 Å². The van der Waals surface area contributed by atoms with Gasteiger partial charge in [0.2, 0.25) is 11.7 Å². The molecule has 0 amide bonds. The summed E-state index contributed by atoms with van der Waals surface area (Å²) in [5.41, 5.74) is 0. The fraction of sp³-hybridized carbons (Fsp3) is 0.455. The van der Waals surface area contributed by atoms with E-state index < -0.39 is 0 Å². The molecule has 0 saturated carbocycles. The van der Waals surface area contributed by atoms with Gasteiger partial charge in [0, 0.05) is 5.25 Å². The molecule has 6 heteroatoms. The number of hydrogen-bond acceptors (Lipinski definition) is 6. The van der Waals surface area contributed by atoms with Gasteiger partial charge in [-0.15, -0.1) is 23.1 Å². The third kappa shape index (κ3) is 3.31. The highest BCUT2D eigenvalue weighted by molar-refractivity contribution is 7.99. The molecule has 0 aliphatic rings. The van der Waals surface area contributed by atoms with E-state index in [9.17, 15) is 5.11 Å². The molecule has 0 fully saturated rings. The molecule has 2 heterocycles. The van der Waals surface area contributed by atoms with Crippen molar-refractivity contribution < 1.29 is 9.63 Å². The van der Waals surface area contributed by atoms with Crippen molar-refractivity contribution in [2.45, 2.75) is 31.0 Å². The summed E-state index contributed by atoms with van der Waals surface area (Å²) in [6, 6.07) is 3.92. The Morgan fingerprint density at radius 2 is 2.35 bits per heavy atom. The number of aliphatic hydroxyl groups is 1. The lowest BCUT2D eigenvalue weighted by Crippen LogP contribution is -2.15. The summed E-state index contributed by atoms with van der Waals surface area (Å²) in [7, 11) is 0. The number of thioether (sulfide) groups is 1. The Balaban J connectivity index is 1.95. The standard InChI is InChI=1S/C11H14N2O2S2/c1-7(14)8(2)17-6-10-12-11(13-15-10)9-4-3-5-16-9/h3-5,7-8,14H,6H2,1-2H3/t7-,8-/m1/s1. The molecule has 0 aromatic carbocycles. The van der Waals surface area contributed by atoms with Crippen LogP contribution in [0.5, 0.6) is 0 Å². The Labute approximate surface area is 108 Å². The van der Waals surface area contributed by atoms with Crippen LogP contribution < -0.4 is 0 Å². The van der Waals surface area contributed by atoms with Gasteiger partial charge in [0.1, 0.15) is 0 Å². The second-order valence-electron chi connectivity index (χ2n) is 3.75. The van der Waals surface area contributed by atoms with Crippen molar-refractivity contribution in [3.63, 3.8) is 0 Å². The van der Waals surface area contributed by atoms with Gasteiger partial charge in [-0.25, -0.2) is 0 Å². The van der Waals surface area contributed by atoms with E-state index in [0.29, 0.717) is 17.5 Å². The molecule has 0 spiro atoms. The first kappa shape index (κ1) is 12.6. The van der Waals surface area contributed by atoms with E-state index in [1.54, 1.807) is 30.0 Å². The smallest absolute Gasteiger partial charge is 0.236 e. The molecule has 2 aromatic rings. The Bertz CT molecular complexity index is 454. The van der Waals surface area contributed by atoms with Crippen molar-refractivity contribution in [1.29, 1.82) is 0 Å². The number of thiophene rings is 1. The maximum atomic E-state index is 9.37. The Kier molecular flexibility index (Phi) is 4.20. The fourth-order valence-corrected chi connectivity index (χ4v) is 2.61. The minimum absolute atomic E-state index is 0.159. The van der Waals surface area contributed by atoms with Crippen molar-refractivity contribution in [3.05, 3.63) is 23.4 Å². The van der Waals surface area contributed by atoms with Gasteiger partial charge >= 0.3 is 0 Å². The van der Waals surface area contributed by atoms with Crippen molar-refractivity contribution >= 4 is 23.1 Å². The zero-order valence-corrected chi connectivity index (χ0v) is 11.3. The molecule has 2 rings (SSSR count). The predicted molar refractivity (Wildman–Crippen MR) is 70.0 cm³/mol. The third-order valence-electron chi connectivity index (χ3n) is 2.36. The second-order valence-corrected chi connectivity index (χ2v) is 6.06. The summed E-state index contributed by atoms with van der Waals surface area (Å²) in [4.78, 5) is 5.32. The molecule has 0 radical (unpaired) electrons. The van der Waals surface area contributed by atoms with Crippen molar-refractivity contribution in [3.8, 4) is 10.7 Å². The molecule has 0 aliphatic carbocycles. The van der Waals surface area contributed by atoms with Crippen LogP contribution in [0.15, 0.2) is 22.0 Å². The minimum atomic E-state index is -0.334. The molecular weight excluding hydrogens is 256 g/mol. The SMILES string of the molecule is C[C@@H](O)[C@@H](C)SCc1nc(-c2cccs2)no1. The average molecular weight is 270 g/mol. The minimum Gasteiger partial charge on any atom is -0.392 e. The van der Waals surface area contributed by atoms with E-state index in [0.717, 1.165) is 4.88 Å². The Morgan fingerprint density at radius 3 is 3.00 bits per heavy atom. The van der Waals surface area contributed by atoms with Crippen molar-refractivity contribution in [2.24, 2.45) is 0 Å². The van der Waals surface area contributed by atoms with Crippen LogP contribution in [-0.4, -0.2) is 26.6 Å². The van der Waals surface area contributed by atoms with E-state index in [4.69, 9.17) is 4.52 Å². The van der Waals surface area contributed by atoms with Crippen LogP contribution in [0.2, 0.25) is 0 Å². The molecule has 0 unspecified atom stereocenters. The molecule has 92 valence electrons.